The van der Waals surface area contributed by atoms with Gasteiger partial charge >= 0.3 is 0 Å². The van der Waals surface area contributed by atoms with Crippen molar-refractivity contribution in [3.8, 4) is 5.75 Å². The highest BCUT2D eigenvalue weighted by Gasteiger charge is 2.39. The third kappa shape index (κ3) is 3.61. The highest BCUT2D eigenvalue weighted by molar-refractivity contribution is 7.92. The van der Waals surface area contributed by atoms with Gasteiger partial charge in [0, 0.05) is 30.3 Å². The molecule has 9 nitrogen and oxygen atoms in total. The summed E-state index contributed by atoms with van der Waals surface area (Å²) in [6.45, 7) is 0.162. The number of benzene rings is 2. The Morgan fingerprint density at radius 3 is 2.67 bits per heavy atom. The van der Waals surface area contributed by atoms with Crippen molar-refractivity contribution >= 4 is 33.4 Å². The maximum Gasteiger partial charge on any atom is 0.262 e. The summed E-state index contributed by atoms with van der Waals surface area (Å²) in [5.41, 5.74) is 1.31. The SMILES string of the molecule is COc1cccc(S(=O)(=O)Nc2ccc3c(c2)CN(C2CCC(=O)NC2=O)C3=O)c1. The lowest BCUT2D eigenvalue weighted by atomic mass is 10.0. The first-order chi connectivity index (χ1) is 14.3. The second-order valence-electron chi connectivity index (χ2n) is 7.06. The van der Waals surface area contributed by atoms with Gasteiger partial charge in [-0.15, -0.1) is 0 Å². The summed E-state index contributed by atoms with van der Waals surface area (Å²) >= 11 is 0. The third-order valence-corrected chi connectivity index (χ3v) is 6.51. The fourth-order valence-electron chi connectivity index (χ4n) is 3.62. The topological polar surface area (TPSA) is 122 Å². The number of anilines is 1. The van der Waals surface area contributed by atoms with Gasteiger partial charge in [0.1, 0.15) is 11.8 Å². The Hall–Kier alpha value is -3.40. The Bertz CT molecular complexity index is 1160. The van der Waals surface area contributed by atoms with Crippen molar-refractivity contribution < 1.29 is 27.5 Å². The van der Waals surface area contributed by atoms with E-state index in [0.29, 0.717) is 22.6 Å². The van der Waals surface area contributed by atoms with E-state index in [1.165, 1.54) is 36.3 Å². The minimum absolute atomic E-state index is 0.0450. The number of imide groups is 1. The number of carbonyl (C=O) groups is 3. The summed E-state index contributed by atoms with van der Waals surface area (Å²) in [7, 11) is -2.41. The number of sulfonamides is 1. The highest BCUT2D eigenvalue weighted by atomic mass is 32.2. The average Bonchev–Trinajstić information content (AvgIpc) is 3.03. The van der Waals surface area contributed by atoms with Crippen LogP contribution in [0.4, 0.5) is 5.69 Å². The first-order valence-corrected chi connectivity index (χ1v) is 10.7. The molecule has 0 aliphatic carbocycles. The van der Waals surface area contributed by atoms with Crippen LogP contribution in [0.3, 0.4) is 0 Å². The van der Waals surface area contributed by atoms with Gasteiger partial charge in [-0.05, 0) is 42.3 Å². The van der Waals surface area contributed by atoms with Crippen LogP contribution in [0.25, 0.3) is 0 Å². The van der Waals surface area contributed by atoms with Crippen LogP contribution < -0.4 is 14.8 Å². The normalized spacial score (nSPS) is 18.8. The molecule has 1 unspecified atom stereocenters. The fraction of sp³-hybridized carbons (Fsp3) is 0.250. The van der Waals surface area contributed by atoms with Crippen LogP contribution in [0.2, 0.25) is 0 Å². The van der Waals surface area contributed by atoms with Crippen molar-refractivity contribution in [2.45, 2.75) is 30.3 Å². The predicted octanol–water partition coefficient (Wildman–Crippen LogP) is 1.26. The Morgan fingerprint density at radius 2 is 1.93 bits per heavy atom. The van der Waals surface area contributed by atoms with Crippen LogP contribution >= 0.6 is 0 Å². The second-order valence-corrected chi connectivity index (χ2v) is 8.74. The summed E-state index contributed by atoms with van der Waals surface area (Å²) in [5, 5.41) is 2.25. The summed E-state index contributed by atoms with van der Waals surface area (Å²) < 4.78 is 33.0. The lowest BCUT2D eigenvalue weighted by molar-refractivity contribution is -0.136. The molecule has 2 heterocycles. The van der Waals surface area contributed by atoms with Gasteiger partial charge < -0.3 is 9.64 Å². The lowest BCUT2D eigenvalue weighted by Crippen LogP contribution is -2.52. The number of carbonyl (C=O) groups excluding carboxylic acids is 3. The van der Waals surface area contributed by atoms with Crippen LogP contribution in [0.15, 0.2) is 47.4 Å². The van der Waals surface area contributed by atoms with E-state index in [0.717, 1.165) is 0 Å². The molecule has 0 radical (unpaired) electrons. The number of amides is 3. The Kier molecular flexibility index (Phi) is 4.94. The number of hydrogen-bond donors (Lipinski definition) is 2. The van der Waals surface area contributed by atoms with Crippen molar-refractivity contribution in [2.75, 3.05) is 11.8 Å². The van der Waals surface area contributed by atoms with Crippen molar-refractivity contribution in [3.05, 3.63) is 53.6 Å². The molecule has 3 amide bonds. The van der Waals surface area contributed by atoms with E-state index < -0.39 is 22.0 Å². The van der Waals surface area contributed by atoms with E-state index in [1.54, 1.807) is 18.2 Å². The zero-order valence-electron chi connectivity index (χ0n) is 16.0. The maximum atomic E-state index is 12.7. The zero-order chi connectivity index (χ0) is 21.5. The fourth-order valence-corrected chi connectivity index (χ4v) is 4.70. The third-order valence-electron chi connectivity index (χ3n) is 5.13. The summed E-state index contributed by atoms with van der Waals surface area (Å²) in [4.78, 5) is 37.7. The minimum Gasteiger partial charge on any atom is -0.497 e. The van der Waals surface area contributed by atoms with Gasteiger partial charge in [0.15, 0.2) is 0 Å². The van der Waals surface area contributed by atoms with Crippen molar-refractivity contribution in [1.29, 1.82) is 0 Å². The molecule has 2 aliphatic rings. The standard InChI is InChI=1S/C20H19N3O6S/c1-29-14-3-2-4-15(10-14)30(27,28)22-13-5-6-16-12(9-13)11-23(20(16)26)17-7-8-18(24)21-19(17)25/h2-6,9-10,17,22H,7-8,11H2,1H3,(H,21,24,25). The molecule has 0 aromatic heterocycles. The molecule has 0 saturated carbocycles. The number of fused-ring (bicyclic) bond motifs is 1. The lowest BCUT2D eigenvalue weighted by Gasteiger charge is -2.29. The summed E-state index contributed by atoms with van der Waals surface area (Å²) in [5.74, 6) is -0.750. The van der Waals surface area contributed by atoms with Gasteiger partial charge in [-0.3, -0.25) is 24.4 Å². The molecular weight excluding hydrogens is 410 g/mol. The molecule has 2 aromatic rings. The molecule has 1 atom stereocenters. The van der Waals surface area contributed by atoms with E-state index in [9.17, 15) is 22.8 Å². The van der Waals surface area contributed by atoms with E-state index in [1.807, 2.05) is 0 Å². The Morgan fingerprint density at radius 1 is 1.13 bits per heavy atom. The molecule has 156 valence electrons. The average molecular weight is 429 g/mol. The minimum atomic E-state index is -3.86. The monoisotopic (exact) mass is 429 g/mol. The van der Waals surface area contributed by atoms with Crippen LogP contribution in [0, 0.1) is 0 Å². The number of methoxy groups -OCH3 is 1. The van der Waals surface area contributed by atoms with E-state index >= 15 is 0 Å². The number of rotatable bonds is 5. The first kappa shape index (κ1) is 19.9. The maximum absolute atomic E-state index is 12.7. The summed E-state index contributed by atoms with van der Waals surface area (Å²) in [6, 6.07) is 9.97. The van der Waals surface area contributed by atoms with E-state index in [4.69, 9.17) is 4.74 Å². The molecule has 1 fully saturated rings. The Balaban J connectivity index is 1.55. The number of nitrogens with zero attached hydrogens (tertiary/aromatic N) is 1. The van der Waals surface area contributed by atoms with E-state index in [-0.39, 0.29) is 36.1 Å². The number of nitrogens with one attached hydrogen (secondary N) is 2. The molecule has 10 heteroatoms. The van der Waals surface area contributed by atoms with Crippen LogP contribution in [0.5, 0.6) is 5.75 Å². The van der Waals surface area contributed by atoms with Gasteiger partial charge in [0.25, 0.3) is 15.9 Å². The van der Waals surface area contributed by atoms with Gasteiger partial charge in [-0.2, -0.15) is 0 Å². The largest absolute Gasteiger partial charge is 0.497 e. The van der Waals surface area contributed by atoms with Crippen LogP contribution in [-0.4, -0.2) is 44.2 Å². The van der Waals surface area contributed by atoms with Crippen molar-refractivity contribution in [3.63, 3.8) is 0 Å². The molecule has 30 heavy (non-hydrogen) atoms. The summed E-state index contributed by atoms with van der Waals surface area (Å²) in [6.07, 6.45) is 0.432. The predicted molar refractivity (Wildman–Crippen MR) is 106 cm³/mol. The molecule has 0 bridgehead atoms. The first-order valence-electron chi connectivity index (χ1n) is 9.23. The highest BCUT2D eigenvalue weighted by Crippen LogP contribution is 2.30. The van der Waals surface area contributed by atoms with Gasteiger partial charge in [-0.25, -0.2) is 8.42 Å². The van der Waals surface area contributed by atoms with Gasteiger partial charge in [0.2, 0.25) is 11.8 Å². The van der Waals surface area contributed by atoms with Crippen LogP contribution in [0.1, 0.15) is 28.8 Å². The van der Waals surface area contributed by atoms with Gasteiger partial charge in [0.05, 0.1) is 12.0 Å². The Labute approximate surface area is 173 Å². The van der Waals surface area contributed by atoms with E-state index in [2.05, 4.69) is 10.0 Å². The molecule has 2 aliphatic heterocycles. The molecule has 1 saturated heterocycles. The van der Waals surface area contributed by atoms with Crippen molar-refractivity contribution in [2.24, 2.45) is 0 Å². The molecular formula is C20H19N3O6S. The molecule has 0 spiro atoms. The second kappa shape index (κ2) is 7.45. The van der Waals surface area contributed by atoms with Crippen LogP contribution in [-0.2, 0) is 26.2 Å². The zero-order valence-corrected chi connectivity index (χ0v) is 16.9. The molecule has 2 N–H and O–H groups in total. The quantitative estimate of drug-likeness (QED) is 0.690. The number of hydrogen-bond acceptors (Lipinski definition) is 6. The number of piperidine rings is 1. The van der Waals surface area contributed by atoms with Crippen molar-refractivity contribution in [1.82, 2.24) is 10.2 Å². The molecule has 2 aromatic carbocycles. The van der Waals surface area contributed by atoms with Gasteiger partial charge in [-0.1, -0.05) is 6.07 Å². The number of ether oxygens (including phenoxy) is 1. The molecule has 4 rings (SSSR count). The smallest absolute Gasteiger partial charge is 0.262 e.